The molecule has 8 heteroatoms. The smallest absolute Gasteiger partial charge is 0.462 e. The van der Waals surface area contributed by atoms with E-state index < -0.39 is 18.7 Å². The van der Waals surface area contributed by atoms with Gasteiger partial charge in [-0.25, -0.2) is 0 Å². The second-order valence-corrected chi connectivity index (χ2v) is 7.99. The molecule has 0 spiro atoms. The van der Waals surface area contributed by atoms with E-state index in [1.165, 1.54) is 6.26 Å². The van der Waals surface area contributed by atoms with Crippen molar-refractivity contribution in [1.29, 1.82) is 0 Å². The Kier molecular flexibility index (Phi) is 4.51. The highest BCUT2D eigenvalue weighted by Crippen LogP contribution is 2.52. The molecule has 2 aliphatic carbocycles. The fraction of sp³-hybridized carbons (Fsp3) is 0.500. The van der Waals surface area contributed by atoms with Crippen LogP contribution in [0, 0.1) is 11.8 Å². The van der Waals surface area contributed by atoms with Crippen molar-refractivity contribution in [3.63, 3.8) is 0 Å². The van der Waals surface area contributed by atoms with Crippen LogP contribution < -0.4 is 5.32 Å². The molecule has 1 amide bonds. The molecule has 2 saturated carbocycles. The van der Waals surface area contributed by atoms with Gasteiger partial charge >= 0.3 is 7.12 Å². The molecule has 26 heavy (non-hydrogen) atoms. The van der Waals surface area contributed by atoms with Crippen LogP contribution in [0.15, 0.2) is 28.9 Å². The highest BCUT2D eigenvalue weighted by Gasteiger charge is 2.54. The van der Waals surface area contributed by atoms with Crippen LogP contribution in [0.2, 0.25) is 5.02 Å². The molecule has 4 N–H and O–H groups in total. The number of hydrogen-bond acceptors (Lipinski definition) is 5. The van der Waals surface area contributed by atoms with Gasteiger partial charge in [0.2, 0.25) is 5.91 Å². The minimum atomic E-state index is -1.70. The maximum absolute atomic E-state index is 12.6. The summed E-state index contributed by atoms with van der Waals surface area (Å²) >= 11 is 6.10. The summed E-state index contributed by atoms with van der Waals surface area (Å²) < 4.78 is 5.47. The molecule has 4 rings (SSSR count). The van der Waals surface area contributed by atoms with Crippen LogP contribution in [0.3, 0.4) is 0 Å². The van der Waals surface area contributed by atoms with Crippen LogP contribution in [0.5, 0.6) is 0 Å². The lowest BCUT2D eigenvalue weighted by Gasteiger charge is -2.39. The number of hydrogen-bond donors (Lipinski definition) is 4. The summed E-state index contributed by atoms with van der Waals surface area (Å²) in [6.07, 6.45) is 4.53. The Balaban J connectivity index is 1.47. The molecule has 3 unspecified atom stereocenters. The van der Waals surface area contributed by atoms with E-state index in [9.17, 15) is 19.9 Å². The lowest BCUT2D eigenvalue weighted by atomic mass is 9.72. The van der Waals surface area contributed by atoms with Crippen LogP contribution in [0.25, 0.3) is 11.0 Å². The van der Waals surface area contributed by atoms with Crippen LogP contribution in [-0.4, -0.2) is 39.7 Å². The summed E-state index contributed by atoms with van der Waals surface area (Å²) in [5, 5.41) is 33.8. The molecule has 2 fully saturated rings. The van der Waals surface area contributed by atoms with E-state index in [1.54, 1.807) is 12.1 Å². The van der Waals surface area contributed by atoms with Gasteiger partial charge < -0.3 is 24.9 Å². The van der Waals surface area contributed by atoms with E-state index in [1.807, 2.05) is 6.07 Å². The van der Waals surface area contributed by atoms with E-state index in [0.29, 0.717) is 23.4 Å². The average Bonchev–Trinajstić information content (AvgIpc) is 3.09. The number of carbonyl (C=O) groups excluding carboxylic acids is 1. The Hall–Kier alpha value is -1.54. The van der Waals surface area contributed by atoms with E-state index in [4.69, 9.17) is 16.0 Å². The number of benzene rings is 1. The lowest BCUT2D eigenvalue weighted by Crippen LogP contribution is -2.49. The number of halogens is 1. The van der Waals surface area contributed by atoms with Gasteiger partial charge in [0.05, 0.1) is 22.8 Å². The summed E-state index contributed by atoms with van der Waals surface area (Å²) in [7, 11) is -1.70. The molecule has 1 heterocycles. The molecule has 1 aromatic heterocycles. The maximum atomic E-state index is 12.6. The Bertz CT molecular complexity index is 840. The Morgan fingerprint density at radius 2 is 2.27 bits per heavy atom. The lowest BCUT2D eigenvalue weighted by molar-refractivity contribution is -0.126. The number of fused-ring (bicyclic) bond motifs is 2. The quantitative estimate of drug-likeness (QED) is 0.594. The van der Waals surface area contributed by atoms with E-state index in [0.717, 1.165) is 23.8 Å². The van der Waals surface area contributed by atoms with Gasteiger partial charge in [0.15, 0.2) is 5.58 Å². The highest BCUT2D eigenvalue weighted by atomic mass is 35.5. The normalized spacial score (nSPS) is 28.5. The molecule has 138 valence electrons. The third-order valence-electron chi connectivity index (χ3n) is 5.98. The molecule has 2 aromatic rings. The Morgan fingerprint density at radius 1 is 1.46 bits per heavy atom. The van der Waals surface area contributed by atoms with Gasteiger partial charge in [-0.15, -0.1) is 0 Å². The molecule has 0 bridgehead atoms. The first-order valence-corrected chi connectivity index (χ1v) is 9.28. The van der Waals surface area contributed by atoms with Crippen molar-refractivity contribution in [3.8, 4) is 0 Å². The van der Waals surface area contributed by atoms with Crippen molar-refractivity contribution < 1.29 is 24.4 Å². The highest BCUT2D eigenvalue weighted by molar-refractivity contribution is 6.43. The van der Waals surface area contributed by atoms with Gasteiger partial charge in [0.25, 0.3) is 0 Å². The fourth-order valence-electron chi connectivity index (χ4n) is 4.34. The van der Waals surface area contributed by atoms with Crippen LogP contribution >= 0.6 is 11.6 Å². The second-order valence-electron chi connectivity index (χ2n) is 7.59. The number of furan rings is 1. The molecule has 2 aliphatic rings. The zero-order valence-electron chi connectivity index (χ0n) is 14.2. The Labute approximate surface area is 156 Å². The van der Waals surface area contributed by atoms with Gasteiger partial charge in [-0.05, 0) is 49.7 Å². The predicted octanol–water partition coefficient (Wildman–Crippen LogP) is 1.68. The maximum Gasteiger partial charge on any atom is 0.475 e. The third kappa shape index (κ3) is 3.03. The fourth-order valence-corrected chi connectivity index (χ4v) is 4.56. The summed E-state index contributed by atoms with van der Waals surface area (Å²) in [5.41, 5.74) is 0.578. The number of amides is 1. The molecular formula is C18H21BClNO5. The zero-order valence-corrected chi connectivity index (χ0v) is 14.9. The van der Waals surface area contributed by atoms with Crippen molar-refractivity contribution in [1.82, 2.24) is 5.32 Å². The first-order chi connectivity index (χ1) is 12.4. The minimum absolute atomic E-state index is 0.190. The first-order valence-electron chi connectivity index (χ1n) is 8.91. The number of aliphatic hydroxyl groups is 1. The standard InChI is InChI=1S/C18H21BClNO5/c20-14-3-1-2-13-11(9-26-16(13)14)7-15(19(24)25)21-17(22)10-6-12-4-5-18(12,23)8-10/h1-3,9-10,12,15,23-25H,4-8H2,(H,21,22)/t10-,12?,15?,18?/m1/s1. The van der Waals surface area contributed by atoms with Crippen molar-refractivity contribution in [2.45, 2.75) is 43.6 Å². The van der Waals surface area contributed by atoms with Gasteiger partial charge in [0, 0.05) is 11.3 Å². The predicted molar refractivity (Wildman–Crippen MR) is 97.4 cm³/mol. The zero-order chi connectivity index (χ0) is 18.5. The minimum Gasteiger partial charge on any atom is -0.462 e. The van der Waals surface area contributed by atoms with Gasteiger partial charge in [-0.1, -0.05) is 23.7 Å². The van der Waals surface area contributed by atoms with Crippen molar-refractivity contribution in [2.75, 3.05) is 0 Å². The van der Waals surface area contributed by atoms with E-state index in [-0.39, 0.29) is 24.2 Å². The van der Waals surface area contributed by atoms with Crippen LogP contribution in [0.1, 0.15) is 31.2 Å². The van der Waals surface area contributed by atoms with E-state index in [2.05, 4.69) is 5.32 Å². The summed E-state index contributed by atoms with van der Waals surface area (Å²) in [6, 6.07) is 5.35. The molecule has 4 atom stereocenters. The second kappa shape index (κ2) is 6.57. The van der Waals surface area contributed by atoms with Gasteiger partial charge in [-0.3, -0.25) is 4.79 Å². The van der Waals surface area contributed by atoms with Gasteiger partial charge in [0.1, 0.15) is 0 Å². The number of nitrogens with one attached hydrogen (secondary N) is 1. The molecule has 0 saturated heterocycles. The third-order valence-corrected chi connectivity index (χ3v) is 6.28. The first kappa shape index (κ1) is 17.9. The molecule has 1 aromatic carbocycles. The summed E-state index contributed by atoms with van der Waals surface area (Å²) in [4.78, 5) is 12.6. The summed E-state index contributed by atoms with van der Waals surface area (Å²) in [6.45, 7) is 0. The van der Waals surface area contributed by atoms with Crippen LogP contribution in [0.4, 0.5) is 0 Å². The number of carbonyl (C=O) groups is 1. The molecular weight excluding hydrogens is 356 g/mol. The van der Waals surface area contributed by atoms with Crippen LogP contribution in [-0.2, 0) is 11.2 Å². The number of para-hydroxylation sites is 1. The van der Waals surface area contributed by atoms with Crippen molar-refractivity contribution in [3.05, 3.63) is 35.0 Å². The van der Waals surface area contributed by atoms with Crippen molar-refractivity contribution >= 4 is 35.6 Å². The van der Waals surface area contributed by atoms with Crippen molar-refractivity contribution in [2.24, 2.45) is 11.8 Å². The topological polar surface area (TPSA) is 103 Å². The average molecular weight is 378 g/mol. The molecule has 0 aliphatic heterocycles. The Morgan fingerprint density at radius 3 is 2.88 bits per heavy atom. The SMILES string of the molecule is O=C(NC(Cc1coc2c(Cl)cccc12)B(O)O)[C@@H]1CC2CCC2(O)C1. The van der Waals surface area contributed by atoms with Gasteiger partial charge in [-0.2, -0.15) is 0 Å². The monoisotopic (exact) mass is 377 g/mol. The molecule has 0 radical (unpaired) electrons. The van der Waals surface area contributed by atoms with E-state index >= 15 is 0 Å². The summed E-state index contributed by atoms with van der Waals surface area (Å²) in [5.74, 6) is -1.20. The molecule has 6 nitrogen and oxygen atoms in total. The number of rotatable bonds is 5. The largest absolute Gasteiger partial charge is 0.475 e.